The maximum Gasteiger partial charge on any atom is 0.0423 e. The Morgan fingerprint density at radius 1 is 1.41 bits per heavy atom. The molecule has 0 atom stereocenters. The second-order valence-corrected chi connectivity index (χ2v) is 6.55. The molecule has 1 aliphatic heterocycles. The molecule has 1 saturated heterocycles. The number of anilines is 1. The van der Waals surface area contributed by atoms with Crippen LogP contribution >= 0.6 is 15.9 Å². The molecule has 0 saturated carbocycles. The largest absolute Gasteiger partial charge is 0.371 e. The van der Waals surface area contributed by atoms with Crippen LogP contribution in [-0.4, -0.2) is 20.1 Å². The van der Waals surface area contributed by atoms with Gasteiger partial charge >= 0.3 is 0 Å². The average molecular weight is 297 g/mol. The summed E-state index contributed by atoms with van der Waals surface area (Å²) >= 11 is 3.58. The monoisotopic (exact) mass is 296 g/mol. The number of rotatable bonds is 3. The van der Waals surface area contributed by atoms with Crippen molar-refractivity contribution in [1.82, 2.24) is 5.32 Å². The maximum absolute atomic E-state index is 3.58. The molecule has 2 nitrogen and oxygen atoms in total. The quantitative estimate of drug-likeness (QED) is 0.920. The normalized spacial score (nSPS) is 18.7. The second-order valence-electron chi connectivity index (χ2n) is 5.64. The molecule has 2 rings (SSSR count). The van der Waals surface area contributed by atoms with Crippen LogP contribution in [-0.2, 0) is 6.54 Å². The predicted molar refractivity (Wildman–Crippen MR) is 77.5 cm³/mol. The maximum atomic E-state index is 3.58. The van der Waals surface area contributed by atoms with Gasteiger partial charge in [0.25, 0.3) is 0 Å². The highest BCUT2D eigenvalue weighted by Crippen LogP contribution is 2.35. The molecule has 94 valence electrons. The van der Waals surface area contributed by atoms with Gasteiger partial charge in [-0.2, -0.15) is 0 Å². The smallest absolute Gasteiger partial charge is 0.0423 e. The summed E-state index contributed by atoms with van der Waals surface area (Å²) < 4.78 is 1.16. The van der Waals surface area contributed by atoms with Crippen molar-refractivity contribution < 1.29 is 0 Å². The van der Waals surface area contributed by atoms with Gasteiger partial charge in [0.1, 0.15) is 0 Å². The Morgan fingerprint density at radius 2 is 2.18 bits per heavy atom. The zero-order valence-electron chi connectivity index (χ0n) is 10.9. The molecule has 1 fully saturated rings. The van der Waals surface area contributed by atoms with E-state index in [2.05, 4.69) is 58.2 Å². The second kappa shape index (κ2) is 4.99. The van der Waals surface area contributed by atoms with Gasteiger partial charge in [0.15, 0.2) is 0 Å². The number of nitrogens with one attached hydrogen (secondary N) is 1. The zero-order valence-corrected chi connectivity index (χ0v) is 12.5. The van der Waals surface area contributed by atoms with Gasteiger partial charge in [-0.1, -0.05) is 35.8 Å². The van der Waals surface area contributed by atoms with Crippen molar-refractivity contribution in [2.45, 2.75) is 26.8 Å². The van der Waals surface area contributed by atoms with Gasteiger partial charge in [0, 0.05) is 29.8 Å². The number of halogens is 1. The van der Waals surface area contributed by atoms with E-state index >= 15 is 0 Å². The zero-order chi connectivity index (χ0) is 12.5. The molecule has 0 amide bonds. The minimum absolute atomic E-state index is 0.444. The third-order valence-corrected chi connectivity index (χ3v) is 3.93. The highest BCUT2D eigenvalue weighted by Gasteiger charge is 2.30. The van der Waals surface area contributed by atoms with Gasteiger partial charge in [-0.05, 0) is 36.6 Å². The molecule has 0 spiro atoms. The number of hydrogen-bond acceptors (Lipinski definition) is 2. The summed E-state index contributed by atoms with van der Waals surface area (Å²) in [5.41, 5.74) is 3.20. The highest BCUT2D eigenvalue weighted by molar-refractivity contribution is 9.10. The summed E-state index contributed by atoms with van der Waals surface area (Å²) in [6.07, 6.45) is 1.28. The lowest BCUT2D eigenvalue weighted by Crippen LogP contribution is -2.24. The van der Waals surface area contributed by atoms with E-state index in [0.717, 1.165) is 17.6 Å². The first kappa shape index (κ1) is 12.9. The van der Waals surface area contributed by atoms with Crippen LogP contribution in [0.5, 0.6) is 0 Å². The summed E-state index contributed by atoms with van der Waals surface area (Å²) in [7, 11) is 2.00. The fraction of sp³-hybridized carbons (Fsp3) is 0.571. The lowest BCUT2D eigenvalue weighted by Gasteiger charge is -2.24. The Balaban J connectivity index is 2.27. The minimum Gasteiger partial charge on any atom is -0.371 e. The van der Waals surface area contributed by atoms with Crippen LogP contribution in [0.15, 0.2) is 22.7 Å². The standard InChI is InChI=1S/C14H21BrN2/c1-14(2)6-7-17(10-14)13-8-12(15)5-4-11(13)9-16-3/h4-5,8,16H,6-7,9-10H2,1-3H3. The van der Waals surface area contributed by atoms with Crippen molar-refractivity contribution in [3.8, 4) is 0 Å². The van der Waals surface area contributed by atoms with Gasteiger partial charge in [0.2, 0.25) is 0 Å². The Kier molecular flexibility index (Phi) is 3.79. The molecule has 1 aliphatic rings. The van der Waals surface area contributed by atoms with Crippen molar-refractivity contribution in [2.75, 3.05) is 25.0 Å². The third kappa shape index (κ3) is 3.02. The molecule has 1 aromatic rings. The summed E-state index contributed by atoms with van der Waals surface area (Å²) in [6.45, 7) is 7.95. The van der Waals surface area contributed by atoms with E-state index in [0.29, 0.717) is 5.41 Å². The third-order valence-electron chi connectivity index (χ3n) is 3.43. The summed E-state index contributed by atoms with van der Waals surface area (Å²) in [4.78, 5) is 2.51. The van der Waals surface area contributed by atoms with Crippen molar-refractivity contribution in [3.63, 3.8) is 0 Å². The van der Waals surface area contributed by atoms with Crippen LogP contribution in [0.25, 0.3) is 0 Å². The molecule has 0 aliphatic carbocycles. The minimum atomic E-state index is 0.444. The van der Waals surface area contributed by atoms with Crippen LogP contribution < -0.4 is 10.2 Å². The number of benzene rings is 1. The van der Waals surface area contributed by atoms with Crippen LogP contribution in [0.3, 0.4) is 0 Å². The first-order valence-electron chi connectivity index (χ1n) is 6.20. The molecule has 1 heterocycles. The summed E-state index contributed by atoms with van der Waals surface area (Å²) in [6, 6.07) is 6.58. The molecule has 0 unspecified atom stereocenters. The lowest BCUT2D eigenvalue weighted by molar-refractivity contribution is 0.418. The van der Waals surface area contributed by atoms with Gasteiger partial charge in [0.05, 0.1) is 0 Å². The molecule has 0 aromatic heterocycles. The van der Waals surface area contributed by atoms with E-state index in [4.69, 9.17) is 0 Å². The summed E-state index contributed by atoms with van der Waals surface area (Å²) in [5.74, 6) is 0. The fourth-order valence-corrected chi connectivity index (χ4v) is 2.84. The van der Waals surface area contributed by atoms with Gasteiger partial charge in [-0.15, -0.1) is 0 Å². The van der Waals surface area contributed by atoms with Crippen molar-refractivity contribution in [2.24, 2.45) is 5.41 Å². The van der Waals surface area contributed by atoms with Crippen LogP contribution in [0.2, 0.25) is 0 Å². The fourth-order valence-electron chi connectivity index (χ4n) is 2.49. The molecular formula is C14H21BrN2. The Morgan fingerprint density at radius 3 is 2.76 bits per heavy atom. The molecule has 3 heteroatoms. The first-order chi connectivity index (χ1) is 8.02. The van der Waals surface area contributed by atoms with E-state index in [1.807, 2.05) is 7.05 Å². The molecule has 1 aromatic carbocycles. The van der Waals surface area contributed by atoms with Gasteiger partial charge in [-0.3, -0.25) is 0 Å². The van der Waals surface area contributed by atoms with Gasteiger partial charge in [-0.25, -0.2) is 0 Å². The lowest BCUT2D eigenvalue weighted by atomic mass is 9.93. The first-order valence-corrected chi connectivity index (χ1v) is 6.99. The van der Waals surface area contributed by atoms with Crippen LogP contribution in [0.4, 0.5) is 5.69 Å². The molecule has 17 heavy (non-hydrogen) atoms. The van der Waals surface area contributed by atoms with E-state index in [1.54, 1.807) is 0 Å². The van der Waals surface area contributed by atoms with E-state index in [1.165, 1.54) is 24.2 Å². The Bertz CT molecular complexity index is 401. The van der Waals surface area contributed by atoms with Crippen LogP contribution in [0, 0.1) is 5.41 Å². The topological polar surface area (TPSA) is 15.3 Å². The molecular weight excluding hydrogens is 276 g/mol. The number of hydrogen-bond donors (Lipinski definition) is 1. The Hall–Kier alpha value is -0.540. The molecule has 0 radical (unpaired) electrons. The van der Waals surface area contributed by atoms with Gasteiger partial charge < -0.3 is 10.2 Å². The highest BCUT2D eigenvalue weighted by atomic mass is 79.9. The van der Waals surface area contributed by atoms with E-state index < -0.39 is 0 Å². The van der Waals surface area contributed by atoms with Crippen molar-refractivity contribution in [3.05, 3.63) is 28.2 Å². The van der Waals surface area contributed by atoms with E-state index in [9.17, 15) is 0 Å². The van der Waals surface area contributed by atoms with Crippen molar-refractivity contribution in [1.29, 1.82) is 0 Å². The summed E-state index contributed by atoms with van der Waals surface area (Å²) in [5, 5.41) is 3.25. The Labute approximate surface area is 113 Å². The molecule has 1 N–H and O–H groups in total. The molecule has 0 bridgehead atoms. The van der Waals surface area contributed by atoms with E-state index in [-0.39, 0.29) is 0 Å². The van der Waals surface area contributed by atoms with Crippen LogP contribution in [0.1, 0.15) is 25.8 Å². The SMILES string of the molecule is CNCc1ccc(Br)cc1N1CCC(C)(C)C1. The predicted octanol–water partition coefficient (Wildman–Crippen LogP) is 3.40. The van der Waals surface area contributed by atoms with Crippen molar-refractivity contribution >= 4 is 21.6 Å². The number of nitrogens with zero attached hydrogens (tertiary/aromatic N) is 1. The average Bonchev–Trinajstić information content (AvgIpc) is 2.62.